The van der Waals surface area contributed by atoms with Crippen molar-refractivity contribution >= 4 is 47.1 Å². The molecule has 376 valence electrons. The minimum absolute atomic E-state index is 0.0637. The van der Waals surface area contributed by atoms with E-state index < -0.39 is 5.82 Å². The topological polar surface area (TPSA) is 160 Å². The summed E-state index contributed by atoms with van der Waals surface area (Å²) < 4.78 is 20.2. The van der Waals surface area contributed by atoms with Gasteiger partial charge < -0.3 is 30.3 Å². The molecule has 0 saturated carbocycles. The molecule has 2 saturated heterocycles. The number of anilines is 4. The zero-order valence-corrected chi connectivity index (χ0v) is 42.6. The first-order chi connectivity index (χ1) is 33.3. The normalized spacial score (nSPS) is 16.8. The van der Waals surface area contributed by atoms with Crippen LogP contribution in [0.1, 0.15) is 116 Å². The molecular formula is C54H77FN8O6. The van der Waals surface area contributed by atoms with Gasteiger partial charge in [0.1, 0.15) is 29.8 Å². The van der Waals surface area contributed by atoms with Gasteiger partial charge in [-0.1, -0.05) is 59.6 Å². The minimum Gasteiger partial charge on any atom is -0.494 e. The number of rotatable bonds is 15. The molecule has 69 heavy (non-hydrogen) atoms. The van der Waals surface area contributed by atoms with Gasteiger partial charge in [0.15, 0.2) is 0 Å². The Kier molecular flexibility index (Phi) is 22.7. The number of nitrogens with one attached hydrogen (secondary N) is 3. The molecule has 0 bridgehead atoms. The average Bonchev–Trinajstić information content (AvgIpc) is 3.34. The summed E-state index contributed by atoms with van der Waals surface area (Å²) >= 11 is 0. The van der Waals surface area contributed by atoms with Gasteiger partial charge in [-0.15, -0.1) is 0 Å². The quantitative estimate of drug-likeness (QED) is 0.0845. The molecule has 1 aromatic heterocycles. The Morgan fingerprint density at radius 1 is 0.971 bits per heavy atom. The molecule has 0 radical (unpaired) electrons. The Morgan fingerprint density at radius 2 is 1.71 bits per heavy atom. The van der Waals surface area contributed by atoms with Gasteiger partial charge in [0.2, 0.25) is 5.91 Å². The standard InChI is InChI=1S/C29H35FN4O2.C22H34N4O2.C2H6.CH2O2/c1-5-6-7-27(20(3)29-21(4)36-13-11-31-29)34-12-10-23-17-32-28(15-24(23)18-34)33-25-9-8-22(14-19(2)35)26(30)16-25;1-4-6-7-18(5-2)24-12-14-25(15-13-24)19-8-9-20(17(3)16-19)26-11-10-21(27)23-22(26)28;1-2;2-1-3/h6-9,15-17,31H,5,10-14,18H2,1-4H3,(H,32,33);8-9,16,18H,4-7,10-15H2,1-3H3,(H,23,27,28);1-2H3;1H,(H,2,3)/b7-6+,27-20+;;;. The Labute approximate surface area is 410 Å². The van der Waals surface area contributed by atoms with E-state index in [1.807, 2.05) is 46.0 Å². The van der Waals surface area contributed by atoms with E-state index in [2.05, 4.69) is 87.6 Å². The van der Waals surface area contributed by atoms with E-state index in [-0.39, 0.29) is 30.6 Å². The summed E-state index contributed by atoms with van der Waals surface area (Å²) in [5.74, 6) is 0.943. The van der Waals surface area contributed by atoms with Crippen molar-refractivity contribution in [2.75, 3.05) is 67.5 Å². The van der Waals surface area contributed by atoms with Crippen LogP contribution < -0.4 is 25.8 Å². The molecule has 4 N–H and O–H groups in total. The van der Waals surface area contributed by atoms with E-state index in [1.165, 1.54) is 66.8 Å². The second kappa shape index (κ2) is 28.3. The highest BCUT2D eigenvalue weighted by Gasteiger charge is 2.27. The molecular weight excluding hydrogens is 876 g/mol. The molecule has 2 aromatic carbocycles. The van der Waals surface area contributed by atoms with Crippen molar-refractivity contribution in [1.29, 1.82) is 0 Å². The van der Waals surface area contributed by atoms with Gasteiger partial charge in [-0.25, -0.2) is 14.2 Å². The molecule has 4 aliphatic rings. The number of fused-ring (bicyclic) bond motifs is 1. The summed E-state index contributed by atoms with van der Waals surface area (Å²) in [7, 11) is 0. The molecule has 5 heterocycles. The predicted molar refractivity (Wildman–Crippen MR) is 275 cm³/mol. The maximum Gasteiger partial charge on any atom is 0.328 e. The number of carboxylic acid groups (broad SMARTS) is 1. The number of hydrogen-bond acceptors (Lipinski definition) is 11. The van der Waals surface area contributed by atoms with Crippen LogP contribution in [0.15, 0.2) is 83.5 Å². The Morgan fingerprint density at radius 3 is 2.33 bits per heavy atom. The van der Waals surface area contributed by atoms with Crippen LogP contribution in [0.25, 0.3) is 0 Å². The number of allylic oxidation sites excluding steroid dienone is 4. The molecule has 15 heteroatoms. The number of hydrogen-bond donors (Lipinski definition) is 4. The summed E-state index contributed by atoms with van der Waals surface area (Å²) in [4.78, 5) is 56.9. The van der Waals surface area contributed by atoms with Crippen LogP contribution in [-0.4, -0.2) is 103 Å². The number of nitrogens with zero attached hydrogens (tertiary/aromatic N) is 5. The lowest BCUT2D eigenvalue weighted by Gasteiger charge is -2.40. The largest absolute Gasteiger partial charge is 0.494 e. The van der Waals surface area contributed by atoms with Crippen molar-refractivity contribution in [2.45, 2.75) is 126 Å². The van der Waals surface area contributed by atoms with E-state index >= 15 is 0 Å². The molecule has 3 amide bonds. The number of carbonyl (C=O) groups excluding carboxylic acids is 3. The fourth-order valence-electron chi connectivity index (χ4n) is 9.06. The number of benzene rings is 2. The molecule has 0 spiro atoms. The maximum absolute atomic E-state index is 14.4. The fourth-order valence-corrected chi connectivity index (χ4v) is 9.06. The van der Waals surface area contributed by atoms with Gasteiger partial charge in [0.05, 0.1) is 5.70 Å². The fraction of sp³-hybridized carbons (Fsp3) is 0.500. The maximum atomic E-state index is 14.4. The summed E-state index contributed by atoms with van der Waals surface area (Å²) in [6.45, 7) is 26.0. The van der Waals surface area contributed by atoms with E-state index in [0.717, 1.165) is 81.4 Å². The summed E-state index contributed by atoms with van der Waals surface area (Å²) in [5.41, 5.74) is 10.0. The van der Waals surface area contributed by atoms with Crippen molar-refractivity contribution in [3.8, 4) is 0 Å². The number of ether oxygens (including phenoxy) is 1. The van der Waals surface area contributed by atoms with Crippen LogP contribution in [0.2, 0.25) is 0 Å². The lowest BCUT2D eigenvalue weighted by Crippen LogP contribution is -2.50. The van der Waals surface area contributed by atoms with Gasteiger partial charge in [0, 0.05) is 100 Å². The van der Waals surface area contributed by atoms with Crippen LogP contribution in [0.4, 0.5) is 32.1 Å². The number of aryl methyl sites for hydroxylation is 1. The number of Topliss-reactive ketones (excluding diaryl/α,β-unsaturated/α-hetero) is 1. The zero-order valence-electron chi connectivity index (χ0n) is 42.6. The smallest absolute Gasteiger partial charge is 0.328 e. The van der Waals surface area contributed by atoms with Gasteiger partial charge in [0.25, 0.3) is 6.47 Å². The van der Waals surface area contributed by atoms with Crippen molar-refractivity contribution in [2.24, 2.45) is 0 Å². The number of unbranched alkanes of at least 4 members (excludes halogenated alkanes) is 1. The summed E-state index contributed by atoms with van der Waals surface area (Å²) in [6.07, 6.45) is 13.7. The number of halogens is 1. The molecule has 1 atom stereocenters. The van der Waals surface area contributed by atoms with Gasteiger partial charge in [-0.2, -0.15) is 0 Å². The van der Waals surface area contributed by atoms with Crippen LogP contribution in [0, 0.1) is 12.7 Å². The van der Waals surface area contributed by atoms with Gasteiger partial charge in [-0.05, 0) is 124 Å². The third-order valence-electron chi connectivity index (χ3n) is 12.6. The van der Waals surface area contributed by atoms with Gasteiger partial charge >= 0.3 is 6.03 Å². The predicted octanol–water partition coefficient (Wildman–Crippen LogP) is 9.80. The van der Waals surface area contributed by atoms with Crippen molar-refractivity contribution < 1.29 is 33.4 Å². The number of ketones is 1. The molecule has 4 aliphatic heterocycles. The Hall–Kier alpha value is -6.22. The molecule has 14 nitrogen and oxygen atoms in total. The van der Waals surface area contributed by atoms with Crippen LogP contribution in [0.3, 0.4) is 0 Å². The Bertz CT molecular complexity index is 2290. The van der Waals surface area contributed by atoms with Crippen molar-refractivity contribution in [1.82, 2.24) is 25.4 Å². The molecule has 1 unspecified atom stereocenters. The van der Waals surface area contributed by atoms with Crippen molar-refractivity contribution in [3.05, 3.63) is 112 Å². The first-order valence-corrected chi connectivity index (χ1v) is 24.8. The number of pyridine rings is 1. The lowest BCUT2D eigenvalue weighted by atomic mass is 9.99. The van der Waals surface area contributed by atoms with E-state index in [9.17, 15) is 18.8 Å². The molecule has 7 rings (SSSR count). The average molecular weight is 953 g/mol. The molecule has 0 aliphatic carbocycles. The summed E-state index contributed by atoms with van der Waals surface area (Å²) in [6, 6.07) is 13.6. The van der Waals surface area contributed by atoms with Crippen LogP contribution >= 0.6 is 0 Å². The van der Waals surface area contributed by atoms with Crippen LogP contribution in [0.5, 0.6) is 0 Å². The first kappa shape index (κ1) is 55.4. The Balaban J connectivity index is 0.000000282. The molecule has 2 fully saturated rings. The number of piperazine rings is 1. The van der Waals surface area contributed by atoms with E-state index in [0.29, 0.717) is 42.7 Å². The third-order valence-corrected chi connectivity index (χ3v) is 12.6. The highest BCUT2D eigenvalue weighted by Crippen LogP contribution is 2.31. The third kappa shape index (κ3) is 15.9. The monoisotopic (exact) mass is 953 g/mol. The number of urea groups is 1. The highest BCUT2D eigenvalue weighted by atomic mass is 19.1. The minimum atomic E-state index is -0.391. The molecule has 3 aromatic rings. The number of aromatic nitrogens is 1. The zero-order chi connectivity index (χ0) is 50.5. The SMILES string of the molecule is CC.CC/C=C/C(=C(/C)C1=C(C)OCCN1)N1CCc2cnc(Nc3ccc(CC(C)=O)c(F)c3)cc2C1.CCCCC(CC)N1CCN(c2ccc(N3CCC(=O)NC3=O)c(C)c2)CC1.O=CO. The van der Waals surface area contributed by atoms with E-state index in [1.54, 1.807) is 17.0 Å². The first-order valence-electron chi connectivity index (χ1n) is 24.8. The number of carbonyl (C=O) groups is 4. The van der Waals surface area contributed by atoms with E-state index in [4.69, 9.17) is 14.6 Å². The second-order valence-corrected chi connectivity index (χ2v) is 17.4. The second-order valence-electron chi connectivity index (χ2n) is 17.4. The number of imide groups is 1. The van der Waals surface area contributed by atoms with Crippen molar-refractivity contribution in [3.63, 3.8) is 0 Å². The lowest BCUT2D eigenvalue weighted by molar-refractivity contribution is -0.123. The van der Waals surface area contributed by atoms with Gasteiger partial charge in [-0.3, -0.25) is 29.5 Å². The van der Waals surface area contributed by atoms with Crippen LogP contribution in [-0.2, 0) is 38.5 Å². The highest BCUT2D eigenvalue weighted by molar-refractivity contribution is 6.06. The summed E-state index contributed by atoms with van der Waals surface area (Å²) in [5, 5.41) is 16.0. The number of amides is 3.